The first-order chi connectivity index (χ1) is 10.5. The van der Waals surface area contributed by atoms with Gasteiger partial charge in [0.15, 0.2) is 5.69 Å². The molecule has 2 heterocycles. The zero-order valence-electron chi connectivity index (χ0n) is 11.5. The summed E-state index contributed by atoms with van der Waals surface area (Å²) in [5, 5.41) is 13.9. The Bertz CT molecular complexity index is 894. The van der Waals surface area contributed by atoms with Gasteiger partial charge in [-0.2, -0.15) is 0 Å². The molecular weight excluding hydrogens is 308 g/mol. The summed E-state index contributed by atoms with van der Waals surface area (Å²) in [4.78, 5) is 26.6. The number of aromatic amines is 1. The molecule has 0 fully saturated rings. The van der Waals surface area contributed by atoms with Crippen molar-refractivity contribution in [3.8, 4) is 0 Å². The molecule has 0 saturated carbocycles. The summed E-state index contributed by atoms with van der Waals surface area (Å²) >= 11 is 5.96. The van der Waals surface area contributed by atoms with Gasteiger partial charge < -0.3 is 14.6 Å². The Labute approximate surface area is 129 Å². The average Bonchev–Trinajstić information content (AvgIpc) is 3.03. The zero-order valence-corrected chi connectivity index (χ0v) is 12.3. The monoisotopic (exact) mass is 318 g/mol. The quantitative estimate of drug-likeness (QED) is 0.721. The van der Waals surface area contributed by atoms with E-state index in [0.717, 1.165) is 0 Å². The number of aryl methyl sites for hydroxylation is 1. The van der Waals surface area contributed by atoms with Crippen LogP contribution in [0.1, 0.15) is 27.5 Å². The van der Waals surface area contributed by atoms with Crippen LogP contribution in [-0.2, 0) is 11.2 Å². The highest BCUT2D eigenvalue weighted by atomic mass is 35.5. The maximum absolute atomic E-state index is 12.5. The number of rotatable bonds is 4. The summed E-state index contributed by atoms with van der Waals surface area (Å²) in [7, 11) is 0. The van der Waals surface area contributed by atoms with E-state index in [1.807, 2.05) is 0 Å². The van der Waals surface area contributed by atoms with Gasteiger partial charge in [-0.25, -0.2) is 0 Å². The number of ketones is 1. The molecule has 2 aromatic heterocycles. The molecule has 0 amide bonds. The van der Waals surface area contributed by atoms with E-state index in [1.165, 1.54) is 6.07 Å². The number of carbonyl (C=O) groups excluding carboxylic acids is 1. The molecule has 3 rings (SSSR count). The molecule has 0 aliphatic rings. The minimum absolute atomic E-state index is 0.127. The van der Waals surface area contributed by atoms with Crippen molar-refractivity contribution in [2.45, 2.75) is 13.3 Å². The van der Waals surface area contributed by atoms with E-state index in [1.54, 1.807) is 25.1 Å². The second kappa shape index (κ2) is 5.31. The lowest BCUT2D eigenvalue weighted by atomic mass is 10.0. The molecule has 112 valence electrons. The molecular formula is C15H11ClN2O4. The highest BCUT2D eigenvalue weighted by Crippen LogP contribution is 2.27. The number of nitrogens with one attached hydrogen (secondary N) is 1. The van der Waals surface area contributed by atoms with Crippen molar-refractivity contribution in [3.05, 3.63) is 52.0 Å². The van der Waals surface area contributed by atoms with Crippen LogP contribution in [-0.4, -0.2) is 27.0 Å². The number of hydrogen-bond donors (Lipinski definition) is 2. The third-order valence-electron chi connectivity index (χ3n) is 3.28. The molecule has 0 atom stereocenters. The summed E-state index contributed by atoms with van der Waals surface area (Å²) in [5.41, 5.74) is 1.34. The Morgan fingerprint density at radius 1 is 1.36 bits per heavy atom. The van der Waals surface area contributed by atoms with Crippen molar-refractivity contribution in [1.29, 1.82) is 0 Å². The topological polar surface area (TPSA) is 96.2 Å². The molecule has 0 bridgehead atoms. The van der Waals surface area contributed by atoms with E-state index in [2.05, 4.69) is 10.1 Å². The number of carbonyl (C=O) groups is 2. The number of fused-ring (bicyclic) bond motifs is 1. The Kier molecular flexibility index (Phi) is 3.46. The highest BCUT2D eigenvalue weighted by molar-refractivity contribution is 6.31. The molecule has 3 aromatic rings. The molecule has 22 heavy (non-hydrogen) atoms. The Morgan fingerprint density at radius 2 is 2.14 bits per heavy atom. The van der Waals surface area contributed by atoms with Gasteiger partial charge in [0.05, 0.1) is 12.1 Å². The number of halogens is 1. The van der Waals surface area contributed by atoms with Crippen molar-refractivity contribution in [2.75, 3.05) is 0 Å². The molecule has 0 unspecified atom stereocenters. The fourth-order valence-electron chi connectivity index (χ4n) is 2.35. The van der Waals surface area contributed by atoms with Crippen LogP contribution in [0.15, 0.2) is 28.8 Å². The van der Waals surface area contributed by atoms with Crippen LogP contribution in [0.3, 0.4) is 0 Å². The number of aromatic nitrogens is 2. The van der Waals surface area contributed by atoms with Crippen LogP contribution >= 0.6 is 11.6 Å². The lowest BCUT2D eigenvalue weighted by molar-refractivity contribution is -0.136. The zero-order chi connectivity index (χ0) is 15.9. The summed E-state index contributed by atoms with van der Waals surface area (Å²) < 4.78 is 4.90. The van der Waals surface area contributed by atoms with Crippen LogP contribution in [0.5, 0.6) is 0 Å². The maximum atomic E-state index is 12.5. The smallest absolute Gasteiger partial charge is 0.307 e. The lowest BCUT2D eigenvalue weighted by Crippen LogP contribution is -2.09. The maximum Gasteiger partial charge on any atom is 0.307 e. The van der Waals surface area contributed by atoms with Gasteiger partial charge in [0, 0.05) is 27.6 Å². The van der Waals surface area contributed by atoms with Gasteiger partial charge >= 0.3 is 5.97 Å². The predicted molar refractivity (Wildman–Crippen MR) is 79.3 cm³/mol. The molecule has 0 spiro atoms. The first-order valence-corrected chi connectivity index (χ1v) is 6.83. The van der Waals surface area contributed by atoms with Gasteiger partial charge in [-0.1, -0.05) is 16.8 Å². The minimum Gasteiger partial charge on any atom is -0.481 e. The molecule has 0 aliphatic carbocycles. The standard InChI is InChI=1S/C15H11ClN2O4/c1-7-4-12(18-22-7)15(21)14-10(6-13(19)20)9-5-8(16)2-3-11(9)17-14/h2-5,17H,6H2,1H3,(H,19,20). The van der Waals surface area contributed by atoms with Gasteiger partial charge in [0.1, 0.15) is 5.76 Å². The fourth-order valence-corrected chi connectivity index (χ4v) is 2.52. The summed E-state index contributed by atoms with van der Waals surface area (Å²) in [6.07, 6.45) is -0.293. The molecule has 6 nitrogen and oxygen atoms in total. The van der Waals surface area contributed by atoms with E-state index in [0.29, 0.717) is 27.2 Å². The molecule has 0 aliphatic heterocycles. The number of aliphatic carboxylic acids is 1. The SMILES string of the molecule is Cc1cc(C(=O)c2[nH]c3ccc(Cl)cc3c2CC(=O)O)no1. The average molecular weight is 319 g/mol. The van der Waals surface area contributed by atoms with Gasteiger partial charge in [0.2, 0.25) is 5.78 Å². The summed E-state index contributed by atoms with van der Waals surface area (Å²) in [5.74, 6) is -0.950. The molecule has 0 radical (unpaired) electrons. The van der Waals surface area contributed by atoms with Crippen LogP contribution < -0.4 is 0 Å². The van der Waals surface area contributed by atoms with Gasteiger partial charge in [-0.3, -0.25) is 9.59 Å². The van der Waals surface area contributed by atoms with Gasteiger partial charge in [-0.15, -0.1) is 0 Å². The van der Waals surface area contributed by atoms with E-state index < -0.39 is 11.8 Å². The number of carboxylic acid groups (broad SMARTS) is 1. The molecule has 1 aromatic carbocycles. The summed E-state index contributed by atoms with van der Waals surface area (Å²) in [6, 6.07) is 6.51. The van der Waals surface area contributed by atoms with Crippen molar-refractivity contribution < 1.29 is 19.2 Å². The van der Waals surface area contributed by atoms with Gasteiger partial charge in [-0.05, 0) is 25.1 Å². The van der Waals surface area contributed by atoms with E-state index >= 15 is 0 Å². The van der Waals surface area contributed by atoms with Crippen LogP contribution in [0, 0.1) is 6.92 Å². The van der Waals surface area contributed by atoms with Crippen molar-refractivity contribution in [2.24, 2.45) is 0 Å². The van der Waals surface area contributed by atoms with Gasteiger partial charge in [0.25, 0.3) is 0 Å². The van der Waals surface area contributed by atoms with E-state index in [-0.39, 0.29) is 17.8 Å². The fraction of sp³-hybridized carbons (Fsp3) is 0.133. The van der Waals surface area contributed by atoms with E-state index in [9.17, 15) is 9.59 Å². The highest BCUT2D eigenvalue weighted by Gasteiger charge is 2.23. The van der Waals surface area contributed by atoms with Crippen molar-refractivity contribution >= 4 is 34.3 Å². The Balaban J connectivity index is 2.19. The number of nitrogens with zero attached hydrogens (tertiary/aromatic N) is 1. The molecule has 2 N–H and O–H groups in total. The number of carboxylic acids is 1. The second-order valence-electron chi connectivity index (χ2n) is 4.89. The van der Waals surface area contributed by atoms with Crippen molar-refractivity contribution in [1.82, 2.24) is 10.1 Å². The molecule has 0 saturated heterocycles. The third-order valence-corrected chi connectivity index (χ3v) is 3.52. The van der Waals surface area contributed by atoms with E-state index in [4.69, 9.17) is 21.2 Å². The first-order valence-electron chi connectivity index (χ1n) is 6.45. The predicted octanol–water partition coefficient (Wildman–Crippen LogP) is 2.98. The minimum atomic E-state index is -1.04. The number of H-pyrrole nitrogens is 1. The second-order valence-corrected chi connectivity index (χ2v) is 5.33. The normalized spacial score (nSPS) is 11.0. The van der Waals surface area contributed by atoms with Crippen LogP contribution in [0.2, 0.25) is 5.02 Å². The first kappa shape index (κ1) is 14.3. The molecule has 7 heteroatoms. The Morgan fingerprint density at radius 3 is 2.77 bits per heavy atom. The Hall–Kier alpha value is -2.60. The third kappa shape index (κ3) is 2.48. The largest absolute Gasteiger partial charge is 0.481 e. The van der Waals surface area contributed by atoms with Crippen molar-refractivity contribution in [3.63, 3.8) is 0 Å². The van der Waals surface area contributed by atoms with Crippen LogP contribution in [0.25, 0.3) is 10.9 Å². The van der Waals surface area contributed by atoms with Crippen LogP contribution in [0.4, 0.5) is 0 Å². The number of benzene rings is 1. The summed E-state index contributed by atoms with van der Waals surface area (Å²) in [6.45, 7) is 1.67. The number of hydrogen-bond acceptors (Lipinski definition) is 4. The lowest BCUT2D eigenvalue weighted by Gasteiger charge is -1.99.